The molecule has 3 heterocycles. The van der Waals surface area contributed by atoms with Gasteiger partial charge in [0.15, 0.2) is 5.65 Å². The van der Waals surface area contributed by atoms with E-state index in [9.17, 15) is 10.1 Å². The normalized spacial score (nSPS) is 15.6. The highest BCUT2D eigenvalue weighted by molar-refractivity contribution is 5.55. The first kappa shape index (κ1) is 15.5. The number of nitro groups is 1. The molecule has 0 atom stereocenters. The Kier molecular flexibility index (Phi) is 3.79. The van der Waals surface area contributed by atoms with Crippen LogP contribution in [0, 0.1) is 10.1 Å². The second-order valence-corrected chi connectivity index (χ2v) is 6.25. The zero-order chi connectivity index (χ0) is 17.4. The van der Waals surface area contributed by atoms with Crippen molar-refractivity contribution in [3.8, 4) is 11.6 Å². The molecule has 0 spiro atoms. The summed E-state index contributed by atoms with van der Waals surface area (Å²) < 4.78 is 2.94. The number of hydrogen-bond donors (Lipinski definition) is 1. The number of nitrogens with zero attached hydrogens (tertiary/aromatic N) is 7. The standard InChI is InChI=1S/C15H18N8O2/c1-21-13(23(24)25)9-16-14(21)15-19-18-12-8-7-11(20-22(12)15)17-10-5-3-2-4-6-10/h7-10H,2-6H2,1H3,(H,17,20). The van der Waals surface area contributed by atoms with Crippen LogP contribution in [0.25, 0.3) is 17.3 Å². The number of imidazole rings is 1. The molecule has 3 aromatic rings. The minimum absolute atomic E-state index is 0.108. The summed E-state index contributed by atoms with van der Waals surface area (Å²) in [6.45, 7) is 0. The Bertz CT molecular complexity index is 925. The molecule has 0 saturated heterocycles. The molecule has 10 nitrogen and oxygen atoms in total. The maximum absolute atomic E-state index is 11.0. The van der Waals surface area contributed by atoms with Crippen molar-refractivity contribution in [2.24, 2.45) is 7.05 Å². The van der Waals surface area contributed by atoms with Crippen LogP contribution in [-0.2, 0) is 7.05 Å². The summed E-state index contributed by atoms with van der Waals surface area (Å²) in [4.78, 5) is 14.6. The summed E-state index contributed by atoms with van der Waals surface area (Å²) in [7, 11) is 1.58. The number of aromatic nitrogens is 6. The molecule has 0 radical (unpaired) electrons. The topological polar surface area (TPSA) is 116 Å². The SMILES string of the molecule is Cn1c([N+](=O)[O-])cnc1-c1nnc2ccc(NC3CCCCC3)nn12. The van der Waals surface area contributed by atoms with E-state index in [1.807, 2.05) is 12.1 Å². The van der Waals surface area contributed by atoms with Gasteiger partial charge in [-0.15, -0.1) is 15.3 Å². The van der Waals surface area contributed by atoms with Gasteiger partial charge >= 0.3 is 5.82 Å². The molecule has 0 bridgehead atoms. The molecule has 130 valence electrons. The van der Waals surface area contributed by atoms with Crippen LogP contribution in [0.4, 0.5) is 11.6 Å². The summed E-state index contributed by atoms with van der Waals surface area (Å²) in [6.07, 6.45) is 7.24. The first-order chi connectivity index (χ1) is 12.1. The van der Waals surface area contributed by atoms with Crippen LogP contribution < -0.4 is 5.32 Å². The van der Waals surface area contributed by atoms with E-state index in [1.165, 1.54) is 30.0 Å². The molecule has 4 rings (SSSR count). The Morgan fingerprint density at radius 1 is 1.20 bits per heavy atom. The molecule has 10 heteroatoms. The Morgan fingerprint density at radius 2 is 2.00 bits per heavy atom. The summed E-state index contributed by atoms with van der Waals surface area (Å²) in [5.74, 6) is 1.35. The maximum Gasteiger partial charge on any atom is 0.343 e. The summed E-state index contributed by atoms with van der Waals surface area (Å²) >= 11 is 0. The highest BCUT2D eigenvalue weighted by atomic mass is 16.6. The largest absolute Gasteiger partial charge is 0.366 e. The van der Waals surface area contributed by atoms with Crippen LogP contribution >= 0.6 is 0 Å². The lowest BCUT2D eigenvalue weighted by atomic mass is 9.95. The average molecular weight is 342 g/mol. The lowest BCUT2D eigenvalue weighted by Crippen LogP contribution is -2.23. The molecule has 0 aromatic carbocycles. The molecule has 1 aliphatic carbocycles. The van der Waals surface area contributed by atoms with Gasteiger partial charge in [0.1, 0.15) is 12.0 Å². The van der Waals surface area contributed by atoms with Crippen molar-refractivity contribution in [1.82, 2.24) is 29.4 Å². The van der Waals surface area contributed by atoms with Crippen LogP contribution in [0.3, 0.4) is 0 Å². The molecule has 0 unspecified atom stereocenters. The Hall–Kier alpha value is -3.04. The number of hydrogen-bond acceptors (Lipinski definition) is 7. The molecule has 1 saturated carbocycles. The minimum Gasteiger partial charge on any atom is -0.366 e. The fourth-order valence-electron chi connectivity index (χ4n) is 3.24. The maximum atomic E-state index is 11.0. The van der Waals surface area contributed by atoms with E-state index in [0.717, 1.165) is 18.7 Å². The van der Waals surface area contributed by atoms with Gasteiger partial charge in [-0.1, -0.05) is 19.3 Å². The minimum atomic E-state index is -0.483. The van der Waals surface area contributed by atoms with E-state index in [1.54, 1.807) is 11.6 Å². The quantitative estimate of drug-likeness (QED) is 0.570. The molecule has 1 fully saturated rings. The Labute approximate surface area is 143 Å². The van der Waals surface area contributed by atoms with Gasteiger partial charge in [0.25, 0.3) is 5.82 Å². The van der Waals surface area contributed by atoms with Crippen molar-refractivity contribution in [2.75, 3.05) is 5.32 Å². The average Bonchev–Trinajstić information content (AvgIpc) is 3.18. The van der Waals surface area contributed by atoms with Gasteiger partial charge in [-0.25, -0.2) is 9.55 Å². The molecule has 25 heavy (non-hydrogen) atoms. The third kappa shape index (κ3) is 2.79. The molecule has 0 amide bonds. The van der Waals surface area contributed by atoms with Crippen molar-refractivity contribution in [2.45, 2.75) is 38.1 Å². The third-order valence-electron chi connectivity index (χ3n) is 4.57. The predicted octanol–water partition coefficient (Wildman–Crippen LogP) is 2.18. The molecule has 1 N–H and O–H groups in total. The molecule has 3 aromatic heterocycles. The van der Waals surface area contributed by atoms with Gasteiger partial charge < -0.3 is 15.4 Å². The Morgan fingerprint density at radius 3 is 2.72 bits per heavy atom. The first-order valence-corrected chi connectivity index (χ1v) is 8.29. The predicted molar refractivity (Wildman–Crippen MR) is 90.1 cm³/mol. The summed E-state index contributed by atoms with van der Waals surface area (Å²) in [5.41, 5.74) is 0.565. The lowest BCUT2D eigenvalue weighted by Gasteiger charge is -2.23. The van der Waals surface area contributed by atoms with E-state index in [-0.39, 0.29) is 5.82 Å². The van der Waals surface area contributed by atoms with Crippen molar-refractivity contribution in [1.29, 1.82) is 0 Å². The third-order valence-corrected chi connectivity index (χ3v) is 4.57. The second-order valence-electron chi connectivity index (χ2n) is 6.25. The van der Waals surface area contributed by atoms with E-state index in [0.29, 0.717) is 23.3 Å². The number of rotatable bonds is 4. The highest BCUT2D eigenvalue weighted by Crippen LogP contribution is 2.23. The van der Waals surface area contributed by atoms with Crippen LogP contribution in [0.2, 0.25) is 0 Å². The van der Waals surface area contributed by atoms with Gasteiger partial charge in [0.2, 0.25) is 5.82 Å². The smallest absolute Gasteiger partial charge is 0.343 e. The van der Waals surface area contributed by atoms with Crippen LogP contribution in [0.15, 0.2) is 18.3 Å². The number of fused-ring (bicyclic) bond motifs is 1. The van der Waals surface area contributed by atoms with Gasteiger partial charge in [-0.3, -0.25) is 0 Å². The molecular formula is C15H18N8O2. The van der Waals surface area contributed by atoms with Crippen molar-refractivity contribution < 1.29 is 4.92 Å². The van der Waals surface area contributed by atoms with Crippen molar-refractivity contribution in [3.63, 3.8) is 0 Å². The van der Waals surface area contributed by atoms with E-state index >= 15 is 0 Å². The van der Waals surface area contributed by atoms with Gasteiger partial charge in [-0.2, -0.15) is 4.52 Å². The van der Waals surface area contributed by atoms with E-state index in [4.69, 9.17) is 0 Å². The van der Waals surface area contributed by atoms with E-state index < -0.39 is 4.92 Å². The molecule has 0 aliphatic heterocycles. The lowest BCUT2D eigenvalue weighted by molar-refractivity contribution is -0.391. The fourth-order valence-corrected chi connectivity index (χ4v) is 3.24. The number of anilines is 1. The Balaban J connectivity index is 1.70. The van der Waals surface area contributed by atoms with Crippen LogP contribution in [0.5, 0.6) is 0 Å². The van der Waals surface area contributed by atoms with Crippen molar-refractivity contribution in [3.05, 3.63) is 28.4 Å². The van der Waals surface area contributed by atoms with Gasteiger partial charge in [0, 0.05) is 6.04 Å². The van der Waals surface area contributed by atoms with Crippen LogP contribution in [0.1, 0.15) is 32.1 Å². The fraction of sp³-hybridized carbons (Fsp3) is 0.467. The van der Waals surface area contributed by atoms with Crippen LogP contribution in [-0.4, -0.2) is 40.3 Å². The monoisotopic (exact) mass is 342 g/mol. The zero-order valence-corrected chi connectivity index (χ0v) is 13.8. The zero-order valence-electron chi connectivity index (χ0n) is 13.8. The van der Waals surface area contributed by atoms with Gasteiger partial charge in [-0.05, 0) is 29.9 Å². The summed E-state index contributed by atoms with van der Waals surface area (Å²) in [5, 5.41) is 27.2. The second kappa shape index (κ2) is 6.11. The number of nitrogens with one attached hydrogen (secondary N) is 1. The first-order valence-electron chi connectivity index (χ1n) is 8.29. The molecule has 1 aliphatic rings. The molecular weight excluding hydrogens is 324 g/mol. The highest BCUT2D eigenvalue weighted by Gasteiger charge is 2.23. The van der Waals surface area contributed by atoms with Crippen molar-refractivity contribution >= 4 is 17.3 Å². The van der Waals surface area contributed by atoms with Gasteiger partial charge in [0.05, 0.1) is 7.05 Å². The van der Waals surface area contributed by atoms with E-state index in [2.05, 4.69) is 25.6 Å². The summed E-state index contributed by atoms with van der Waals surface area (Å²) in [6, 6.07) is 4.13.